The van der Waals surface area contributed by atoms with Gasteiger partial charge in [0.2, 0.25) is 5.91 Å². The van der Waals surface area contributed by atoms with Gasteiger partial charge in [0.25, 0.3) is 0 Å². The average Bonchev–Trinajstić information content (AvgIpc) is 2.29. The van der Waals surface area contributed by atoms with Crippen molar-refractivity contribution in [2.75, 3.05) is 17.6 Å². The number of carboxylic acids is 1. The minimum atomic E-state index is -1.09. The van der Waals surface area contributed by atoms with Crippen LogP contribution in [0.1, 0.15) is 29.8 Å². The maximum Gasteiger partial charge on any atom is 0.337 e. The van der Waals surface area contributed by atoms with Gasteiger partial charge in [0.1, 0.15) is 0 Å². The molecule has 0 aliphatic heterocycles. The predicted molar refractivity (Wildman–Crippen MR) is 74.3 cm³/mol. The molecule has 0 saturated carbocycles. The van der Waals surface area contributed by atoms with Gasteiger partial charge in [-0.05, 0) is 38.5 Å². The molecule has 1 aromatic rings. The molecule has 5 N–H and O–H groups in total. The molecule has 0 fully saturated rings. The fraction of sp³-hybridized carbons (Fsp3) is 0.385. The third-order valence-electron chi connectivity index (χ3n) is 2.52. The number of nitrogens with two attached hydrogens (primary N) is 1. The SMILES string of the molecule is Cc1cc(NCC(=O)NC(C)C)cc(C(=O)O)c1N. The molecule has 1 amide bonds. The maximum atomic E-state index is 11.5. The number of amides is 1. The molecule has 0 saturated heterocycles. The van der Waals surface area contributed by atoms with Crippen molar-refractivity contribution in [2.24, 2.45) is 0 Å². The molecule has 1 rings (SSSR count). The lowest BCUT2D eigenvalue weighted by atomic mass is 10.1. The molecule has 0 bridgehead atoms. The normalized spacial score (nSPS) is 10.3. The fourth-order valence-corrected chi connectivity index (χ4v) is 1.63. The fourth-order valence-electron chi connectivity index (χ4n) is 1.63. The molecule has 0 aromatic heterocycles. The summed E-state index contributed by atoms with van der Waals surface area (Å²) in [5.41, 5.74) is 7.18. The lowest BCUT2D eigenvalue weighted by Gasteiger charge is -2.12. The highest BCUT2D eigenvalue weighted by Crippen LogP contribution is 2.22. The summed E-state index contributed by atoms with van der Waals surface area (Å²) in [6.45, 7) is 5.54. The van der Waals surface area contributed by atoms with E-state index in [4.69, 9.17) is 10.8 Å². The topological polar surface area (TPSA) is 104 Å². The number of carbonyl (C=O) groups excluding carboxylic acids is 1. The number of benzene rings is 1. The Kier molecular flexibility index (Phi) is 4.74. The Hall–Kier alpha value is -2.24. The van der Waals surface area contributed by atoms with E-state index in [0.717, 1.165) is 0 Å². The summed E-state index contributed by atoms with van der Waals surface area (Å²) in [6, 6.07) is 3.20. The van der Waals surface area contributed by atoms with Gasteiger partial charge in [-0.3, -0.25) is 4.79 Å². The third-order valence-corrected chi connectivity index (χ3v) is 2.52. The van der Waals surface area contributed by atoms with E-state index >= 15 is 0 Å². The predicted octanol–water partition coefficient (Wildman–Crippen LogP) is 1.21. The molecule has 0 heterocycles. The van der Waals surface area contributed by atoms with Crippen LogP contribution in [0.4, 0.5) is 11.4 Å². The van der Waals surface area contributed by atoms with Crippen molar-refractivity contribution >= 4 is 23.3 Å². The van der Waals surface area contributed by atoms with Gasteiger partial charge in [0, 0.05) is 17.4 Å². The van der Waals surface area contributed by atoms with Gasteiger partial charge < -0.3 is 21.5 Å². The number of anilines is 2. The van der Waals surface area contributed by atoms with Gasteiger partial charge in [-0.2, -0.15) is 0 Å². The smallest absolute Gasteiger partial charge is 0.337 e. The summed E-state index contributed by atoms with van der Waals surface area (Å²) in [4.78, 5) is 22.5. The van der Waals surface area contributed by atoms with E-state index in [1.54, 1.807) is 13.0 Å². The van der Waals surface area contributed by atoms with E-state index in [-0.39, 0.29) is 29.7 Å². The molecular formula is C13H19N3O3. The minimum absolute atomic E-state index is 0.0340. The molecule has 0 aliphatic rings. The Bertz CT molecular complexity index is 498. The van der Waals surface area contributed by atoms with Crippen LogP contribution in [0.25, 0.3) is 0 Å². The number of rotatable bonds is 5. The third kappa shape index (κ3) is 4.17. The second kappa shape index (κ2) is 6.08. The number of carbonyl (C=O) groups is 2. The van der Waals surface area contributed by atoms with Crippen molar-refractivity contribution < 1.29 is 14.7 Å². The van der Waals surface area contributed by atoms with E-state index in [0.29, 0.717) is 11.3 Å². The molecule has 0 unspecified atom stereocenters. The monoisotopic (exact) mass is 265 g/mol. The summed E-state index contributed by atoms with van der Waals surface area (Å²) in [6.07, 6.45) is 0. The Morgan fingerprint density at radius 1 is 1.37 bits per heavy atom. The standard InChI is InChI=1S/C13H19N3O3/c1-7(2)16-11(17)6-15-9-4-8(3)12(14)10(5-9)13(18)19/h4-5,7,15H,6,14H2,1-3H3,(H,16,17)(H,18,19). The van der Waals surface area contributed by atoms with Gasteiger partial charge in [0.05, 0.1) is 12.1 Å². The van der Waals surface area contributed by atoms with Gasteiger partial charge >= 0.3 is 5.97 Å². The van der Waals surface area contributed by atoms with Crippen molar-refractivity contribution in [3.8, 4) is 0 Å². The molecule has 104 valence electrons. The summed E-state index contributed by atoms with van der Waals surface area (Å²) >= 11 is 0. The highest BCUT2D eigenvalue weighted by atomic mass is 16.4. The number of hydrogen-bond donors (Lipinski definition) is 4. The lowest BCUT2D eigenvalue weighted by molar-refractivity contribution is -0.119. The van der Waals surface area contributed by atoms with Crippen molar-refractivity contribution in [3.63, 3.8) is 0 Å². The van der Waals surface area contributed by atoms with E-state index in [1.807, 2.05) is 13.8 Å². The summed E-state index contributed by atoms with van der Waals surface area (Å²) in [5, 5.41) is 14.6. The molecule has 0 aliphatic carbocycles. The van der Waals surface area contributed by atoms with E-state index < -0.39 is 5.97 Å². The van der Waals surface area contributed by atoms with Crippen LogP contribution >= 0.6 is 0 Å². The van der Waals surface area contributed by atoms with Crippen molar-refractivity contribution in [2.45, 2.75) is 26.8 Å². The zero-order valence-electron chi connectivity index (χ0n) is 11.3. The molecular weight excluding hydrogens is 246 g/mol. The van der Waals surface area contributed by atoms with Crippen LogP contribution < -0.4 is 16.4 Å². The van der Waals surface area contributed by atoms with Crippen LogP contribution in [0, 0.1) is 6.92 Å². The second-order valence-corrected chi connectivity index (χ2v) is 4.64. The number of carboxylic acid groups (broad SMARTS) is 1. The average molecular weight is 265 g/mol. The maximum absolute atomic E-state index is 11.5. The van der Waals surface area contributed by atoms with Gasteiger partial charge in [-0.15, -0.1) is 0 Å². The Balaban J connectivity index is 2.80. The van der Waals surface area contributed by atoms with Crippen LogP contribution in [0.15, 0.2) is 12.1 Å². The van der Waals surface area contributed by atoms with Crippen LogP contribution in [0.2, 0.25) is 0 Å². The quantitative estimate of drug-likeness (QED) is 0.599. The van der Waals surface area contributed by atoms with Crippen LogP contribution in [0.3, 0.4) is 0 Å². The summed E-state index contributed by atoms with van der Waals surface area (Å²) in [7, 11) is 0. The van der Waals surface area contributed by atoms with E-state index in [2.05, 4.69) is 10.6 Å². The molecule has 0 atom stereocenters. The molecule has 0 radical (unpaired) electrons. The number of aromatic carboxylic acids is 1. The number of nitrogen functional groups attached to an aromatic ring is 1. The molecule has 0 spiro atoms. The van der Waals surface area contributed by atoms with E-state index in [1.165, 1.54) is 6.07 Å². The first-order chi connectivity index (χ1) is 8.81. The number of aryl methyl sites for hydroxylation is 1. The largest absolute Gasteiger partial charge is 0.478 e. The number of hydrogen-bond acceptors (Lipinski definition) is 4. The van der Waals surface area contributed by atoms with Gasteiger partial charge in [-0.25, -0.2) is 4.79 Å². The van der Waals surface area contributed by atoms with Gasteiger partial charge in [-0.1, -0.05) is 0 Å². The summed E-state index contributed by atoms with van der Waals surface area (Å²) in [5.74, 6) is -1.24. The lowest BCUT2D eigenvalue weighted by Crippen LogP contribution is -2.34. The molecule has 6 heteroatoms. The summed E-state index contributed by atoms with van der Waals surface area (Å²) < 4.78 is 0. The first-order valence-electron chi connectivity index (χ1n) is 5.98. The Morgan fingerprint density at radius 3 is 2.53 bits per heavy atom. The van der Waals surface area contributed by atoms with Crippen molar-refractivity contribution in [3.05, 3.63) is 23.3 Å². The Morgan fingerprint density at radius 2 is 2.00 bits per heavy atom. The highest BCUT2D eigenvalue weighted by Gasteiger charge is 2.12. The van der Waals surface area contributed by atoms with Crippen molar-refractivity contribution in [1.82, 2.24) is 5.32 Å². The molecule has 6 nitrogen and oxygen atoms in total. The highest BCUT2D eigenvalue weighted by molar-refractivity contribution is 5.96. The van der Waals surface area contributed by atoms with Crippen LogP contribution in [0.5, 0.6) is 0 Å². The Labute approximate surface area is 112 Å². The zero-order chi connectivity index (χ0) is 14.6. The van der Waals surface area contributed by atoms with E-state index in [9.17, 15) is 9.59 Å². The van der Waals surface area contributed by atoms with Crippen LogP contribution in [-0.4, -0.2) is 29.6 Å². The first-order valence-corrected chi connectivity index (χ1v) is 5.98. The first kappa shape index (κ1) is 14.8. The molecule has 1 aromatic carbocycles. The number of nitrogens with one attached hydrogen (secondary N) is 2. The molecule has 19 heavy (non-hydrogen) atoms. The van der Waals surface area contributed by atoms with Crippen molar-refractivity contribution in [1.29, 1.82) is 0 Å². The minimum Gasteiger partial charge on any atom is -0.478 e. The second-order valence-electron chi connectivity index (χ2n) is 4.64. The van der Waals surface area contributed by atoms with Gasteiger partial charge in [0.15, 0.2) is 0 Å². The van der Waals surface area contributed by atoms with Crippen LogP contribution in [-0.2, 0) is 4.79 Å². The zero-order valence-corrected chi connectivity index (χ0v) is 11.3.